The highest BCUT2D eigenvalue weighted by Gasteiger charge is 2.31. The maximum atomic E-state index is 11.1. The Morgan fingerprint density at radius 2 is 1.96 bits per heavy atom. The molecule has 0 bridgehead atoms. The molecule has 2 fully saturated rings. The molecule has 1 amide bonds. The lowest BCUT2D eigenvalue weighted by Crippen LogP contribution is -2.47. The number of primary amides is 1. The van der Waals surface area contributed by atoms with Gasteiger partial charge in [-0.1, -0.05) is 11.6 Å². The smallest absolute Gasteiger partial charge is 0.231 e. The molecule has 23 heavy (non-hydrogen) atoms. The first-order valence-corrected chi connectivity index (χ1v) is 8.80. The molecular formula is C16H28N4O3. The number of hydrogen-bond acceptors (Lipinski definition) is 6. The summed E-state index contributed by atoms with van der Waals surface area (Å²) in [7, 11) is 0. The van der Waals surface area contributed by atoms with Crippen LogP contribution in [0.4, 0.5) is 0 Å². The van der Waals surface area contributed by atoms with E-state index in [-0.39, 0.29) is 17.9 Å². The number of piperidine rings is 2. The highest BCUT2D eigenvalue weighted by Crippen LogP contribution is 2.22. The van der Waals surface area contributed by atoms with Gasteiger partial charge in [-0.2, -0.15) is 0 Å². The highest BCUT2D eigenvalue weighted by molar-refractivity contribution is 5.79. The Labute approximate surface area is 137 Å². The minimum Gasteiger partial charge on any atom is -0.470 e. The molecule has 130 valence electrons. The van der Waals surface area contributed by atoms with Crippen LogP contribution < -0.4 is 5.73 Å². The van der Waals surface area contributed by atoms with Crippen LogP contribution in [0.3, 0.4) is 0 Å². The summed E-state index contributed by atoms with van der Waals surface area (Å²) in [5, 5.41) is 4.14. The fourth-order valence-electron chi connectivity index (χ4n) is 3.72. The summed E-state index contributed by atoms with van der Waals surface area (Å²) in [6, 6.07) is 0. The number of oxime groups is 1. The highest BCUT2D eigenvalue weighted by atomic mass is 16.7. The lowest BCUT2D eigenvalue weighted by atomic mass is 9.97. The van der Waals surface area contributed by atoms with Crippen molar-refractivity contribution in [1.82, 2.24) is 9.80 Å². The molecule has 3 aliphatic heterocycles. The van der Waals surface area contributed by atoms with E-state index >= 15 is 0 Å². The molecule has 0 spiro atoms. The van der Waals surface area contributed by atoms with Gasteiger partial charge in [-0.05, 0) is 45.3 Å². The van der Waals surface area contributed by atoms with Gasteiger partial charge in [0, 0.05) is 13.1 Å². The molecule has 3 rings (SSSR count). The summed E-state index contributed by atoms with van der Waals surface area (Å²) in [5.41, 5.74) is 5.30. The Balaban J connectivity index is 1.51. The van der Waals surface area contributed by atoms with E-state index in [0.29, 0.717) is 19.0 Å². The van der Waals surface area contributed by atoms with Crippen molar-refractivity contribution in [1.29, 1.82) is 0 Å². The van der Waals surface area contributed by atoms with Crippen molar-refractivity contribution in [3.63, 3.8) is 0 Å². The molecule has 3 heterocycles. The molecule has 0 aromatic rings. The van der Waals surface area contributed by atoms with Crippen LogP contribution in [0.2, 0.25) is 0 Å². The second-order valence-electron chi connectivity index (χ2n) is 6.87. The summed E-state index contributed by atoms with van der Waals surface area (Å²) in [6.07, 6.45) is 6.00. The Morgan fingerprint density at radius 3 is 2.74 bits per heavy atom. The van der Waals surface area contributed by atoms with E-state index in [2.05, 4.69) is 15.0 Å². The van der Waals surface area contributed by atoms with Crippen LogP contribution in [0.15, 0.2) is 5.16 Å². The van der Waals surface area contributed by atoms with E-state index in [4.69, 9.17) is 15.3 Å². The van der Waals surface area contributed by atoms with Crippen molar-refractivity contribution in [3.05, 3.63) is 0 Å². The average molecular weight is 324 g/mol. The van der Waals surface area contributed by atoms with Crippen LogP contribution in [-0.4, -0.2) is 73.6 Å². The van der Waals surface area contributed by atoms with Crippen molar-refractivity contribution in [3.8, 4) is 0 Å². The van der Waals surface area contributed by atoms with Crippen molar-refractivity contribution in [2.75, 3.05) is 45.9 Å². The van der Waals surface area contributed by atoms with Gasteiger partial charge in [0.25, 0.3) is 0 Å². The molecule has 2 atom stereocenters. The zero-order valence-electron chi connectivity index (χ0n) is 13.8. The molecule has 2 N–H and O–H groups in total. The van der Waals surface area contributed by atoms with Crippen LogP contribution in [0.25, 0.3) is 0 Å². The number of carbonyl (C=O) groups excluding carboxylic acids is 1. The zero-order chi connectivity index (χ0) is 16.1. The molecule has 0 saturated carbocycles. The van der Waals surface area contributed by atoms with E-state index < -0.39 is 0 Å². The van der Waals surface area contributed by atoms with E-state index in [1.54, 1.807) is 0 Å². The summed E-state index contributed by atoms with van der Waals surface area (Å²) in [5.74, 6) is 0.621. The third-order valence-corrected chi connectivity index (χ3v) is 4.85. The number of carbonyl (C=O) groups is 1. The molecule has 3 aliphatic rings. The fraction of sp³-hybridized carbons (Fsp3) is 0.875. The topological polar surface area (TPSA) is 80.4 Å². The third kappa shape index (κ3) is 4.81. The van der Waals surface area contributed by atoms with Crippen LogP contribution in [0.5, 0.6) is 0 Å². The van der Waals surface area contributed by atoms with E-state index in [1.165, 1.54) is 19.3 Å². The lowest BCUT2D eigenvalue weighted by molar-refractivity contribution is -0.119. The number of likely N-dealkylation sites (tertiary alicyclic amines) is 2. The van der Waals surface area contributed by atoms with Crippen molar-refractivity contribution >= 4 is 11.8 Å². The van der Waals surface area contributed by atoms with Crippen LogP contribution >= 0.6 is 0 Å². The van der Waals surface area contributed by atoms with E-state index in [9.17, 15) is 4.79 Å². The molecule has 0 aromatic carbocycles. The second-order valence-corrected chi connectivity index (χ2v) is 6.87. The van der Waals surface area contributed by atoms with Crippen LogP contribution in [-0.2, 0) is 14.4 Å². The number of rotatable bonds is 5. The van der Waals surface area contributed by atoms with Crippen molar-refractivity contribution < 1.29 is 14.4 Å². The zero-order valence-corrected chi connectivity index (χ0v) is 13.8. The maximum Gasteiger partial charge on any atom is 0.231 e. The Morgan fingerprint density at radius 1 is 1.17 bits per heavy atom. The van der Waals surface area contributed by atoms with Crippen LogP contribution in [0, 0.1) is 5.92 Å². The van der Waals surface area contributed by atoms with Gasteiger partial charge in [-0.25, -0.2) is 0 Å². The Hall–Kier alpha value is -1.34. The normalized spacial score (nSPS) is 30.2. The van der Waals surface area contributed by atoms with Gasteiger partial charge in [0.15, 0.2) is 6.61 Å². The number of amides is 1. The second kappa shape index (κ2) is 7.97. The quantitative estimate of drug-likeness (QED) is 0.792. The van der Waals surface area contributed by atoms with Crippen LogP contribution in [0.1, 0.15) is 32.1 Å². The minimum absolute atomic E-state index is 0.0621. The predicted octanol–water partition coefficient (Wildman–Crippen LogP) is 0.399. The van der Waals surface area contributed by atoms with Gasteiger partial charge in [0.05, 0.1) is 12.5 Å². The molecule has 7 nitrogen and oxygen atoms in total. The molecular weight excluding hydrogens is 296 g/mol. The standard InChI is InChI=1S/C16H28N4O3/c17-15(21)11-20-8-4-5-13(9-20)16-18-22-12-14(23-16)10-19-6-2-1-3-7-19/h13-14H,1-12H2,(H2,17,21). The summed E-state index contributed by atoms with van der Waals surface area (Å²) < 4.78 is 6.12. The number of hydrogen-bond donors (Lipinski definition) is 1. The molecule has 7 heteroatoms. The Bertz CT molecular complexity index is 437. The van der Waals surface area contributed by atoms with Gasteiger partial charge >= 0.3 is 0 Å². The van der Waals surface area contributed by atoms with Gasteiger partial charge in [-0.3, -0.25) is 14.6 Å². The van der Waals surface area contributed by atoms with Crippen molar-refractivity contribution in [2.45, 2.75) is 38.2 Å². The summed E-state index contributed by atoms with van der Waals surface area (Å²) in [6.45, 7) is 5.73. The fourth-order valence-corrected chi connectivity index (χ4v) is 3.72. The molecule has 0 aromatic heterocycles. The summed E-state index contributed by atoms with van der Waals surface area (Å²) in [4.78, 5) is 21.1. The van der Waals surface area contributed by atoms with E-state index in [0.717, 1.165) is 45.6 Å². The van der Waals surface area contributed by atoms with Crippen molar-refractivity contribution in [2.24, 2.45) is 16.8 Å². The number of ether oxygens (including phenoxy) is 1. The first kappa shape index (κ1) is 16.5. The van der Waals surface area contributed by atoms with Gasteiger partial charge < -0.3 is 15.3 Å². The average Bonchev–Trinajstić information content (AvgIpc) is 2.56. The SMILES string of the molecule is NC(=O)CN1CCCC(C2=NOCC(CN3CCCCC3)O2)C1. The third-order valence-electron chi connectivity index (χ3n) is 4.85. The van der Waals surface area contributed by atoms with Gasteiger partial charge in [0.2, 0.25) is 11.8 Å². The molecule has 0 aliphatic carbocycles. The monoisotopic (exact) mass is 324 g/mol. The van der Waals surface area contributed by atoms with Gasteiger partial charge in [-0.15, -0.1) is 0 Å². The number of nitrogens with two attached hydrogens (primary N) is 1. The first-order valence-electron chi connectivity index (χ1n) is 8.80. The predicted molar refractivity (Wildman–Crippen MR) is 86.9 cm³/mol. The van der Waals surface area contributed by atoms with E-state index in [1.807, 2.05) is 0 Å². The molecule has 0 radical (unpaired) electrons. The molecule has 2 saturated heterocycles. The maximum absolute atomic E-state index is 11.1. The number of nitrogens with zero attached hydrogens (tertiary/aromatic N) is 3. The Kier molecular flexibility index (Phi) is 5.72. The minimum atomic E-state index is -0.281. The largest absolute Gasteiger partial charge is 0.470 e. The summed E-state index contributed by atoms with van der Waals surface area (Å²) >= 11 is 0. The lowest BCUT2D eigenvalue weighted by Gasteiger charge is -2.36. The molecule has 2 unspecified atom stereocenters. The first-order chi connectivity index (χ1) is 11.2. The van der Waals surface area contributed by atoms with Gasteiger partial charge in [0.1, 0.15) is 6.10 Å².